The van der Waals surface area contributed by atoms with Gasteiger partial charge in [0.05, 0.1) is 25.4 Å². The van der Waals surface area contributed by atoms with Crippen LogP contribution in [0.15, 0.2) is 53.7 Å². The molecule has 0 fully saturated rings. The van der Waals surface area contributed by atoms with Crippen LogP contribution in [0.25, 0.3) is 5.69 Å². The lowest BCUT2D eigenvalue weighted by Gasteiger charge is -2.15. The van der Waals surface area contributed by atoms with Crippen LogP contribution < -0.4 is 5.43 Å². The van der Waals surface area contributed by atoms with Crippen LogP contribution in [0.5, 0.6) is 0 Å². The second-order valence-corrected chi connectivity index (χ2v) is 15.2. The van der Waals surface area contributed by atoms with E-state index in [1.165, 1.54) is 6.07 Å². The second kappa shape index (κ2) is 12.6. The Balaban J connectivity index is 1.64. The number of esters is 1. The fourth-order valence-corrected chi connectivity index (χ4v) is 4.05. The first kappa shape index (κ1) is 26.5. The maximum Gasteiger partial charge on any atom is 0.310 e. The molecule has 188 valence electrons. The monoisotopic (exact) mass is 498 g/mol. The van der Waals surface area contributed by atoms with Gasteiger partial charge in [-0.05, 0) is 17.2 Å². The highest BCUT2D eigenvalue weighted by atomic mass is 28.3. The molecule has 0 spiro atoms. The van der Waals surface area contributed by atoms with Gasteiger partial charge in [0, 0.05) is 40.5 Å². The highest BCUT2D eigenvalue weighted by Crippen LogP contribution is 2.12. The Hall–Kier alpha value is -3.08. The first-order valence-corrected chi connectivity index (χ1v) is 15.4. The zero-order valence-electron chi connectivity index (χ0n) is 20.9. The maximum absolute atomic E-state index is 12.5. The molecule has 0 aliphatic rings. The van der Waals surface area contributed by atoms with Gasteiger partial charge in [-0.3, -0.25) is 9.59 Å². The first-order valence-electron chi connectivity index (χ1n) is 11.7. The van der Waals surface area contributed by atoms with Gasteiger partial charge in [-0.25, -0.2) is 9.36 Å². The third kappa shape index (κ3) is 8.89. The van der Waals surface area contributed by atoms with Gasteiger partial charge in [-0.15, -0.1) is 0 Å². The number of ether oxygens (including phenoxy) is 3. The number of carbonyl (C=O) groups is 1. The number of carbonyl (C=O) groups excluding carboxylic acids is 1. The number of rotatable bonds is 13. The molecule has 35 heavy (non-hydrogen) atoms. The smallest absolute Gasteiger partial charge is 0.310 e. The van der Waals surface area contributed by atoms with Crippen molar-refractivity contribution < 1.29 is 19.0 Å². The molecule has 0 saturated carbocycles. The van der Waals surface area contributed by atoms with E-state index in [-0.39, 0.29) is 24.4 Å². The highest BCUT2D eigenvalue weighted by Gasteiger charge is 2.13. The molecule has 3 aromatic rings. The van der Waals surface area contributed by atoms with Crippen LogP contribution in [0.1, 0.15) is 16.8 Å². The number of hydrogen-bond donors (Lipinski definition) is 0. The Kier molecular flexibility index (Phi) is 9.53. The molecule has 0 amide bonds. The molecule has 1 aromatic carbocycles. The van der Waals surface area contributed by atoms with Crippen LogP contribution in [-0.2, 0) is 38.6 Å². The number of benzene rings is 1. The average molecular weight is 499 g/mol. The molecule has 3 rings (SSSR count). The van der Waals surface area contributed by atoms with Gasteiger partial charge in [0.15, 0.2) is 0 Å². The van der Waals surface area contributed by atoms with Gasteiger partial charge in [0.1, 0.15) is 24.7 Å². The van der Waals surface area contributed by atoms with Crippen molar-refractivity contribution >= 4 is 14.0 Å². The van der Waals surface area contributed by atoms with Gasteiger partial charge in [0.2, 0.25) is 5.43 Å². The summed E-state index contributed by atoms with van der Waals surface area (Å²) in [6, 6.07) is 10.1. The molecule has 0 bridgehead atoms. The molecule has 0 unspecified atom stereocenters. The fraction of sp³-hybridized carbons (Fsp3) is 0.440. The molecule has 0 atom stereocenters. The van der Waals surface area contributed by atoms with E-state index in [0.29, 0.717) is 25.5 Å². The maximum atomic E-state index is 12.5. The van der Waals surface area contributed by atoms with Gasteiger partial charge in [0.25, 0.3) is 0 Å². The van der Waals surface area contributed by atoms with Crippen LogP contribution in [0.3, 0.4) is 0 Å². The summed E-state index contributed by atoms with van der Waals surface area (Å²) in [5, 5.41) is 8.87. The van der Waals surface area contributed by atoms with E-state index in [1.54, 1.807) is 28.9 Å². The SMILES string of the molecule is COCCOC(=O)Cc1cccc(Cc2nn(-c3cnn(COCC[Si](C)(C)C)c3)ccc2=O)c1. The number of nitrogens with zero attached hydrogens (tertiary/aromatic N) is 4. The number of aromatic nitrogens is 4. The van der Waals surface area contributed by atoms with Crippen LogP contribution in [0, 0.1) is 0 Å². The average Bonchev–Trinajstić information content (AvgIpc) is 3.27. The molecule has 9 nitrogen and oxygen atoms in total. The van der Waals surface area contributed by atoms with Gasteiger partial charge in [-0.1, -0.05) is 43.9 Å². The van der Waals surface area contributed by atoms with Gasteiger partial charge >= 0.3 is 5.97 Å². The third-order valence-corrected chi connectivity index (χ3v) is 6.95. The van der Waals surface area contributed by atoms with E-state index in [0.717, 1.165) is 29.5 Å². The largest absolute Gasteiger partial charge is 0.463 e. The van der Waals surface area contributed by atoms with Crippen LogP contribution in [-0.4, -0.2) is 60.5 Å². The Bertz CT molecular complexity index is 1170. The van der Waals surface area contributed by atoms with Gasteiger partial charge < -0.3 is 14.2 Å². The van der Waals surface area contributed by atoms with E-state index in [1.807, 2.05) is 30.5 Å². The quantitative estimate of drug-likeness (QED) is 0.203. The fourth-order valence-electron chi connectivity index (χ4n) is 3.29. The predicted molar refractivity (Wildman–Crippen MR) is 136 cm³/mol. The summed E-state index contributed by atoms with van der Waals surface area (Å²) in [5.74, 6) is -0.319. The predicted octanol–water partition coefficient (Wildman–Crippen LogP) is 3.06. The summed E-state index contributed by atoms with van der Waals surface area (Å²) in [6.07, 6.45) is 5.67. The normalized spacial score (nSPS) is 11.5. The highest BCUT2D eigenvalue weighted by molar-refractivity contribution is 6.76. The Morgan fingerprint density at radius 2 is 1.89 bits per heavy atom. The molecular formula is C25H34N4O5Si. The summed E-state index contributed by atoms with van der Waals surface area (Å²) in [5.41, 5.74) is 2.71. The second-order valence-electron chi connectivity index (χ2n) is 9.54. The lowest BCUT2D eigenvalue weighted by molar-refractivity contribution is -0.144. The van der Waals surface area contributed by atoms with Crippen molar-refractivity contribution in [3.05, 3.63) is 76.0 Å². The molecule has 2 heterocycles. The van der Waals surface area contributed by atoms with Crippen molar-refractivity contribution in [2.45, 2.75) is 45.3 Å². The molecular weight excluding hydrogens is 464 g/mol. The molecule has 0 aliphatic heterocycles. The van der Waals surface area contributed by atoms with Crippen LogP contribution in [0.2, 0.25) is 25.7 Å². The standard InChI is InChI=1S/C25H34N4O5Si/c1-32-10-11-34-25(31)16-21-7-5-6-20(14-21)15-23-24(30)8-9-29(27-23)22-17-26-28(18-22)19-33-12-13-35(2,3)4/h5-9,14,17-18H,10-13,15-16,19H2,1-4H3. The topological polar surface area (TPSA) is 97.5 Å². The van der Waals surface area contributed by atoms with Crippen molar-refractivity contribution in [2.75, 3.05) is 26.9 Å². The van der Waals surface area contributed by atoms with E-state index >= 15 is 0 Å². The number of methoxy groups -OCH3 is 1. The van der Waals surface area contributed by atoms with E-state index < -0.39 is 8.07 Å². The summed E-state index contributed by atoms with van der Waals surface area (Å²) in [4.78, 5) is 24.5. The zero-order valence-corrected chi connectivity index (χ0v) is 21.9. The number of hydrogen-bond acceptors (Lipinski definition) is 7. The lowest BCUT2D eigenvalue weighted by atomic mass is 10.0. The zero-order chi connectivity index (χ0) is 25.3. The molecule has 2 aromatic heterocycles. The van der Waals surface area contributed by atoms with Crippen molar-refractivity contribution in [1.82, 2.24) is 19.6 Å². The van der Waals surface area contributed by atoms with Crippen LogP contribution >= 0.6 is 0 Å². The third-order valence-electron chi connectivity index (χ3n) is 5.25. The lowest BCUT2D eigenvalue weighted by Crippen LogP contribution is -2.22. The van der Waals surface area contributed by atoms with E-state index in [9.17, 15) is 9.59 Å². The van der Waals surface area contributed by atoms with E-state index in [4.69, 9.17) is 14.2 Å². The minimum Gasteiger partial charge on any atom is -0.463 e. The first-order chi connectivity index (χ1) is 16.7. The van der Waals surface area contributed by atoms with Crippen molar-refractivity contribution in [3.8, 4) is 5.69 Å². The summed E-state index contributed by atoms with van der Waals surface area (Å²) < 4.78 is 19.1. The Morgan fingerprint density at radius 1 is 1.09 bits per heavy atom. The van der Waals surface area contributed by atoms with Crippen molar-refractivity contribution in [3.63, 3.8) is 0 Å². The Morgan fingerprint density at radius 3 is 2.66 bits per heavy atom. The molecule has 0 radical (unpaired) electrons. The molecule has 10 heteroatoms. The van der Waals surface area contributed by atoms with E-state index in [2.05, 4.69) is 29.8 Å². The molecule has 0 aliphatic carbocycles. The van der Waals surface area contributed by atoms with Gasteiger partial charge in [-0.2, -0.15) is 10.2 Å². The van der Waals surface area contributed by atoms with Crippen molar-refractivity contribution in [2.24, 2.45) is 0 Å². The summed E-state index contributed by atoms with van der Waals surface area (Å²) >= 11 is 0. The minimum atomic E-state index is -1.13. The summed E-state index contributed by atoms with van der Waals surface area (Å²) in [6.45, 7) is 8.63. The minimum absolute atomic E-state index is 0.146. The van der Waals surface area contributed by atoms with Crippen LogP contribution in [0.4, 0.5) is 0 Å². The Labute approximate surface area is 206 Å². The molecule has 0 N–H and O–H groups in total. The van der Waals surface area contributed by atoms with Crippen molar-refractivity contribution in [1.29, 1.82) is 0 Å². The molecule has 0 saturated heterocycles. The summed E-state index contributed by atoms with van der Waals surface area (Å²) in [7, 11) is 0.424.